The number of nitrogens with one attached hydrogen (secondary N) is 3. The Labute approximate surface area is 151 Å². The van der Waals surface area contributed by atoms with Crippen LogP contribution in [0.2, 0.25) is 0 Å². The van der Waals surface area contributed by atoms with E-state index in [9.17, 15) is 4.79 Å². The molecule has 3 N–H and O–H groups in total. The molecule has 0 heterocycles. The molecule has 0 unspecified atom stereocenters. The summed E-state index contributed by atoms with van der Waals surface area (Å²) in [6.07, 6.45) is 6.68. The van der Waals surface area contributed by atoms with E-state index in [2.05, 4.69) is 20.9 Å². The minimum absolute atomic E-state index is 0. The molecule has 0 aromatic carbocycles. The molecule has 7 heteroatoms. The number of methoxy groups -OCH3 is 1. The lowest BCUT2D eigenvalue weighted by atomic mass is 9.89. The van der Waals surface area contributed by atoms with Crippen LogP contribution in [0.5, 0.6) is 0 Å². The fourth-order valence-corrected chi connectivity index (χ4v) is 2.52. The van der Waals surface area contributed by atoms with E-state index in [-0.39, 0.29) is 35.8 Å². The van der Waals surface area contributed by atoms with Gasteiger partial charge in [0.15, 0.2) is 5.96 Å². The van der Waals surface area contributed by atoms with Gasteiger partial charge in [-0.15, -0.1) is 24.0 Å². The Hall–Kier alpha value is -0.570. The molecule has 6 nitrogen and oxygen atoms in total. The van der Waals surface area contributed by atoms with E-state index in [4.69, 9.17) is 4.74 Å². The first-order valence-corrected chi connectivity index (χ1v) is 7.99. The molecule has 0 radical (unpaired) electrons. The van der Waals surface area contributed by atoms with Gasteiger partial charge in [0.1, 0.15) is 0 Å². The highest BCUT2D eigenvalue weighted by atomic mass is 127. The van der Waals surface area contributed by atoms with Gasteiger partial charge in [-0.25, -0.2) is 0 Å². The maximum absolute atomic E-state index is 12.0. The first kappa shape index (κ1) is 21.4. The largest absolute Gasteiger partial charge is 0.385 e. The molecule has 1 fully saturated rings. The summed E-state index contributed by atoms with van der Waals surface area (Å²) in [7, 11) is 3.44. The minimum Gasteiger partial charge on any atom is -0.385 e. The highest BCUT2D eigenvalue weighted by Crippen LogP contribution is 2.23. The molecule has 0 spiro atoms. The van der Waals surface area contributed by atoms with Crippen LogP contribution < -0.4 is 16.0 Å². The average molecular weight is 426 g/mol. The Balaban J connectivity index is 0.00000441. The number of hydrogen-bond donors (Lipinski definition) is 3. The topological polar surface area (TPSA) is 74.8 Å². The van der Waals surface area contributed by atoms with Crippen LogP contribution in [0.1, 0.15) is 38.5 Å². The predicted octanol–water partition coefficient (Wildman–Crippen LogP) is 1.50. The summed E-state index contributed by atoms with van der Waals surface area (Å²) >= 11 is 0. The lowest BCUT2D eigenvalue weighted by Crippen LogP contribution is -2.43. The second-order valence-electron chi connectivity index (χ2n) is 5.40. The van der Waals surface area contributed by atoms with E-state index in [1.807, 2.05) is 0 Å². The van der Waals surface area contributed by atoms with Crippen LogP contribution in [0.3, 0.4) is 0 Å². The average Bonchev–Trinajstić information content (AvgIpc) is 2.54. The van der Waals surface area contributed by atoms with Crippen molar-refractivity contribution in [1.82, 2.24) is 16.0 Å². The summed E-state index contributed by atoms with van der Waals surface area (Å²) < 4.78 is 4.99. The van der Waals surface area contributed by atoms with Crippen molar-refractivity contribution in [2.75, 3.05) is 40.4 Å². The number of ether oxygens (including phenoxy) is 1. The Morgan fingerprint density at radius 3 is 2.36 bits per heavy atom. The molecular formula is C15H31IN4O2. The quantitative estimate of drug-likeness (QED) is 0.238. The normalized spacial score (nSPS) is 15.8. The maximum atomic E-state index is 12.0. The first-order valence-electron chi connectivity index (χ1n) is 7.99. The van der Waals surface area contributed by atoms with E-state index in [1.54, 1.807) is 14.2 Å². The van der Waals surface area contributed by atoms with Crippen molar-refractivity contribution in [2.45, 2.75) is 38.5 Å². The van der Waals surface area contributed by atoms with Gasteiger partial charge in [-0.1, -0.05) is 19.3 Å². The van der Waals surface area contributed by atoms with E-state index in [0.717, 1.165) is 38.4 Å². The summed E-state index contributed by atoms with van der Waals surface area (Å²) in [4.78, 5) is 16.1. The van der Waals surface area contributed by atoms with Crippen molar-refractivity contribution in [3.63, 3.8) is 0 Å². The fraction of sp³-hybridized carbons (Fsp3) is 0.867. The van der Waals surface area contributed by atoms with Crippen molar-refractivity contribution in [1.29, 1.82) is 0 Å². The summed E-state index contributed by atoms with van der Waals surface area (Å²) in [5, 5.41) is 9.39. The van der Waals surface area contributed by atoms with Gasteiger partial charge in [0.25, 0.3) is 0 Å². The van der Waals surface area contributed by atoms with Crippen LogP contribution in [0.15, 0.2) is 4.99 Å². The van der Waals surface area contributed by atoms with Crippen LogP contribution >= 0.6 is 24.0 Å². The zero-order valence-electron chi connectivity index (χ0n) is 13.8. The van der Waals surface area contributed by atoms with E-state index >= 15 is 0 Å². The third-order valence-corrected chi connectivity index (χ3v) is 3.73. The van der Waals surface area contributed by atoms with Gasteiger partial charge in [0.05, 0.1) is 0 Å². The van der Waals surface area contributed by atoms with Crippen molar-refractivity contribution >= 4 is 35.8 Å². The number of carbonyl (C=O) groups is 1. The molecule has 130 valence electrons. The Morgan fingerprint density at radius 1 is 1.09 bits per heavy atom. The number of carbonyl (C=O) groups excluding carboxylic acids is 1. The molecule has 22 heavy (non-hydrogen) atoms. The first-order chi connectivity index (χ1) is 10.3. The molecule has 1 aliphatic rings. The second kappa shape index (κ2) is 14.0. The monoisotopic (exact) mass is 426 g/mol. The summed E-state index contributed by atoms with van der Waals surface area (Å²) in [5.41, 5.74) is 0. The molecule has 1 rings (SSSR count). The number of rotatable bonds is 8. The highest BCUT2D eigenvalue weighted by molar-refractivity contribution is 14.0. The van der Waals surface area contributed by atoms with Crippen molar-refractivity contribution in [3.8, 4) is 0 Å². The van der Waals surface area contributed by atoms with Crippen LogP contribution in [-0.4, -0.2) is 52.3 Å². The Bertz CT molecular complexity index is 321. The minimum atomic E-state index is 0. The Morgan fingerprint density at radius 2 is 1.73 bits per heavy atom. The smallest absolute Gasteiger partial charge is 0.223 e. The summed E-state index contributed by atoms with van der Waals surface area (Å²) in [5.74, 6) is 1.20. The molecule has 0 aromatic rings. The zero-order chi connectivity index (χ0) is 15.3. The van der Waals surface area contributed by atoms with Gasteiger partial charge in [0.2, 0.25) is 5.91 Å². The molecule has 1 saturated carbocycles. The highest BCUT2D eigenvalue weighted by Gasteiger charge is 2.20. The number of halogens is 1. The number of amides is 1. The van der Waals surface area contributed by atoms with Gasteiger partial charge in [0, 0.05) is 46.3 Å². The molecule has 0 bridgehead atoms. The molecule has 1 amide bonds. The van der Waals surface area contributed by atoms with Crippen LogP contribution in [0, 0.1) is 5.92 Å². The van der Waals surface area contributed by atoms with Crippen molar-refractivity contribution in [2.24, 2.45) is 10.9 Å². The fourth-order valence-electron chi connectivity index (χ4n) is 2.52. The predicted molar refractivity (Wildman–Crippen MR) is 101 cm³/mol. The number of guanidine groups is 1. The third kappa shape index (κ3) is 9.45. The van der Waals surface area contributed by atoms with E-state index in [1.165, 1.54) is 19.3 Å². The van der Waals surface area contributed by atoms with Gasteiger partial charge in [-0.2, -0.15) is 0 Å². The molecular weight excluding hydrogens is 395 g/mol. The number of aliphatic imine (C=N–C) groups is 1. The third-order valence-electron chi connectivity index (χ3n) is 3.73. The zero-order valence-corrected chi connectivity index (χ0v) is 16.2. The van der Waals surface area contributed by atoms with E-state index < -0.39 is 0 Å². The van der Waals surface area contributed by atoms with Gasteiger partial charge in [-0.05, 0) is 19.3 Å². The van der Waals surface area contributed by atoms with Crippen LogP contribution in [0.4, 0.5) is 0 Å². The van der Waals surface area contributed by atoms with Gasteiger partial charge in [-0.3, -0.25) is 9.79 Å². The van der Waals surface area contributed by atoms with E-state index in [0.29, 0.717) is 13.1 Å². The SMILES string of the molecule is CN=C(NCCCOC)NCCNC(=O)C1CCCCC1.I. The number of hydrogen-bond acceptors (Lipinski definition) is 3. The summed E-state index contributed by atoms with van der Waals surface area (Å²) in [6.45, 7) is 2.87. The molecule has 0 aromatic heterocycles. The van der Waals surface area contributed by atoms with Crippen molar-refractivity contribution in [3.05, 3.63) is 0 Å². The molecule has 0 aliphatic heterocycles. The Kier molecular flexibility index (Phi) is 13.7. The lowest BCUT2D eigenvalue weighted by molar-refractivity contribution is -0.125. The van der Waals surface area contributed by atoms with Crippen LogP contribution in [0.25, 0.3) is 0 Å². The summed E-state index contributed by atoms with van der Waals surface area (Å²) in [6, 6.07) is 0. The number of nitrogens with zero attached hydrogens (tertiary/aromatic N) is 1. The lowest BCUT2D eigenvalue weighted by Gasteiger charge is -2.21. The van der Waals surface area contributed by atoms with Crippen LogP contribution in [-0.2, 0) is 9.53 Å². The van der Waals surface area contributed by atoms with Crippen molar-refractivity contribution < 1.29 is 9.53 Å². The standard InChI is InChI=1S/C15H30N4O2.HI/c1-16-15(18-9-6-12-21-2)19-11-10-17-14(20)13-7-4-3-5-8-13;/h13H,3-12H2,1-2H3,(H,17,20)(H2,16,18,19);1H. The molecule has 0 atom stereocenters. The van der Waals surface area contributed by atoms with Gasteiger partial charge >= 0.3 is 0 Å². The molecule has 1 aliphatic carbocycles. The molecule has 0 saturated heterocycles. The maximum Gasteiger partial charge on any atom is 0.223 e. The second-order valence-corrected chi connectivity index (χ2v) is 5.40. The van der Waals surface area contributed by atoms with Gasteiger partial charge < -0.3 is 20.7 Å².